The van der Waals surface area contributed by atoms with E-state index >= 15 is 0 Å². The van der Waals surface area contributed by atoms with Crippen LogP contribution in [0, 0.1) is 0 Å². The Hall–Kier alpha value is -3.25. The molecule has 2 aromatic rings. The topological polar surface area (TPSA) is 73.9 Å². The Kier molecular flexibility index (Phi) is 6.00. The predicted molar refractivity (Wildman–Crippen MR) is 135 cm³/mol. The van der Waals surface area contributed by atoms with Crippen molar-refractivity contribution in [2.75, 3.05) is 6.79 Å². The van der Waals surface area contributed by atoms with E-state index in [1.807, 2.05) is 25.1 Å². The molecule has 2 aromatic carbocycles. The predicted octanol–water partition coefficient (Wildman–Crippen LogP) is 5.92. The van der Waals surface area contributed by atoms with Gasteiger partial charge >= 0.3 is 5.97 Å². The monoisotopic (exact) mass is 505 g/mol. The molecule has 0 unspecified atom stereocenters. The van der Waals surface area contributed by atoms with Gasteiger partial charge in [-0.15, -0.1) is 0 Å². The fraction of sp³-hybridized carbons (Fsp3) is 0.379. The first-order valence-corrected chi connectivity index (χ1v) is 13.0. The normalized spacial score (nSPS) is 23.6. The summed E-state index contributed by atoms with van der Waals surface area (Å²) in [5, 5.41) is 3.84. The lowest BCUT2D eigenvalue weighted by Crippen LogP contribution is -2.36. The number of hydrogen-bond acceptors (Lipinski definition) is 6. The van der Waals surface area contributed by atoms with Crippen molar-refractivity contribution in [2.24, 2.45) is 0 Å². The molecule has 2 aliphatic heterocycles. The first kappa shape index (κ1) is 23.2. The smallest absolute Gasteiger partial charge is 0.337 e. The van der Waals surface area contributed by atoms with E-state index in [1.165, 1.54) is 0 Å². The summed E-state index contributed by atoms with van der Waals surface area (Å²) in [7, 11) is 0. The zero-order valence-corrected chi connectivity index (χ0v) is 20.9. The average molecular weight is 506 g/mol. The van der Waals surface area contributed by atoms with Gasteiger partial charge in [0.05, 0.1) is 5.57 Å². The van der Waals surface area contributed by atoms with Gasteiger partial charge in [0.25, 0.3) is 0 Å². The number of carbonyl (C=O) groups excluding carboxylic acids is 2. The zero-order valence-electron chi connectivity index (χ0n) is 20.1. The number of rotatable bonds is 4. The molecule has 6 nitrogen and oxygen atoms in total. The zero-order chi connectivity index (χ0) is 24.8. The van der Waals surface area contributed by atoms with Crippen molar-refractivity contribution in [2.45, 2.75) is 63.4 Å². The van der Waals surface area contributed by atoms with Gasteiger partial charge in [-0.2, -0.15) is 0 Å². The summed E-state index contributed by atoms with van der Waals surface area (Å²) in [6.45, 7) is 1.98. The van der Waals surface area contributed by atoms with Crippen LogP contribution in [0.3, 0.4) is 0 Å². The Morgan fingerprint density at radius 1 is 1.06 bits per heavy atom. The Morgan fingerprint density at radius 2 is 1.78 bits per heavy atom. The SMILES string of the molecule is CC1=C(C(=O)OC2CCCC2)[C@@H](c2cc3c(cc2Cl)OCO3)C2=C(C[C@@H](c3ccccc3)CC2=O)N1. The number of hydrogen-bond donors (Lipinski definition) is 1. The van der Waals surface area contributed by atoms with Crippen LogP contribution < -0.4 is 14.8 Å². The highest BCUT2D eigenvalue weighted by molar-refractivity contribution is 6.32. The van der Waals surface area contributed by atoms with Crippen LogP contribution in [0.1, 0.15) is 68.4 Å². The summed E-state index contributed by atoms with van der Waals surface area (Å²) in [6, 6.07) is 13.6. The fourth-order valence-electron chi connectivity index (χ4n) is 5.96. The highest BCUT2D eigenvalue weighted by Crippen LogP contribution is 2.49. The van der Waals surface area contributed by atoms with Gasteiger partial charge in [-0.1, -0.05) is 41.9 Å². The molecular weight excluding hydrogens is 478 g/mol. The number of esters is 1. The van der Waals surface area contributed by atoms with Crippen LogP contribution in [0.15, 0.2) is 65.0 Å². The van der Waals surface area contributed by atoms with Crippen molar-refractivity contribution in [3.05, 3.63) is 81.2 Å². The molecule has 0 saturated heterocycles. The Bertz CT molecular complexity index is 1290. The number of nitrogens with one attached hydrogen (secondary N) is 1. The lowest BCUT2D eigenvalue weighted by molar-refractivity contribution is -0.144. The summed E-state index contributed by atoms with van der Waals surface area (Å²) < 4.78 is 17.1. The minimum absolute atomic E-state index is 0.00926. The summed E-state index contributed by atoms with van der Waals surface area (Å²) in [5.41, 5.74) is 4.34. The number of benzene rings is 2. The van der Waals surface area contributed by atoms with E-state index in [4.69, 9.17) is 25.8 Å². The van der Waals surface area contributed by atoms with E-state index in [0.717, 1.165) is 36.9 Å². The van der Waals surface area contributed by atoms with Crippen molar-refractivity contribution in [1.29, 1.82) is 0 Å². The molecule has 7 heteroatoms. The molecule has 2 atom stereocenters. The van der Waals surface area contributed by atoms with Crippen molar-refractivity contribution in [1.82, 2.24) is 5.32 Å². The van der Waals surface area contributed by atoms with Gasteiger partial charge in [-0.05, 0) is 62.1 Å². The largest absolute Gasteiger partial charge is 0.459 e. The molecule has 1 fully saturated rings. The molecule has 36 heavy (non-hydrogen) atoms. The highest BCUT2D eigenvalue weighted by atomic mass is 35.5. The molecule has 0 aromatic heterocycles. The number of dihydropyridines is 1. The quantitative estimate of drug-likeness (QED) is 0.520. The molecule has 4 aliphatic rings. The first-order chi connectivity index (χ1) is 17.5. The number of allylic oxidation sites excluding steroid dienone is 3. The van der Waals surface area contributed by atoms with Crippen LogP contribution in [0.5, 0.6) is 11.5 Å². The van der Waals surface area contributed by atoms with Gasteiger partial charge in [0, 0.05) is 40.4 Å². The highest BCUT2D eigenvalue weighted by Gasteiger charge is 2.43. The number of ether oxygens (including phenoxy) is 3. The van der Waals surface area contributed by atoms with E-state index in [-0.39, 0.29) is 24.6 Å². The Morgan fingerprint density at radius 3 is 2.53 bits per heavy atom. The lowest BCUT2D eigenvalue weighted by Gasteiger charge is -2.37. The molecular formula is C29H28ClNO5. The minimum Gasteiger partial charge on any atom is -0.459 e. The van der Waals surface area contributed by atoms with E-state index in [0.29, 0.717) is 51.8 Å². The molecule has 2 heterocycles. The van der Waals surface area contributed by atoms with Gasteiger partial charge in [0.2, 0.25) is 6.79 Å². The van der Waals surface area contributed by atoms with Crippen LogP contribution in [0.25, 0.3) is 0 Å². The van der Waals surface area contributed by atoms with Crippen LogP contribution in [-0.2, 0) is 14.3 Å². The molecule has 1 saturated carbocycles. The third-order valence-corrected chi connectivity index (χ3v) is 8.02. The minimum atomic E-state index is -0.638. The van der Waals surface area contributed by atoms with Gasteiger partial charge in [0.1, 0.15) is 6.10 Å². The molecule has 0 radical (unpaired) electrons. The third-order valence-electron chi connectivity index (χ3n) is 7.70. The number of fused-ring (bicyclic) bond motifs is 1. The molecule has 186 valence electrons. The van der Waals surface area contributed by atoms with Crippen LogP contribution in [-0.4, -0.2) is 24.6 Å². The third kappa shape index (κ3) is 4.07. The van der Waals surface area contributed by atoms with Crippen LogP contribution >= 0.6 is 11.6 Å². The van der Waals surface area contributed by atoms with E-state index in [9.17, 15) is 9.59 Å². The van der Waals surface area contributed by atoms with E-state index in [2.05, 4.69) is 17.4 Å². The van der Waals surface area contributed by atoms with E-state index in [1.54, 1.807) is 12.1 Å². The number of Topliss-reactive ketones (excluding diaryl/α,β-unsaturated/α-hetero) is 1. The molecule has 1 N–H and O–H groups in total. The van der Waals surface area contributed by atoms with Gasteiger partial charge < -0.3 is 19.5 Å². The standard InChI is InChI=1S/C29H28ClNO5/c1-16-26(29(33)36-19-9-5-6-10-19)27(20-13-24-25(14-21(20)30)35-15-34-24)28-22(31-16)11-18(12-23(28)32)17-7-3-2-4-8-17/h2-4,7-8,13-14,18-19,27,31H,5-6,9-12,15H2,1H3/t18-,27-/m1/s1. The van der Waals surface area contributed by atoms with Gasteiger partial charge in [0.15, 0.2) is 17.3 Å². The Labute approximate surface area is 215 Å². The van der Waals surface area contributed by atoms with E-state index < -0.39 is 11.9 Å². The van der Waals surface area contributed by atoms with Crippen molar-refractivity contribution < 1.29 is 23.8 Å². The second kappa shape index (κ2) is 9.32. The number of halogens is 1. The second-order valence-electron chi connectivity index (χ2n) is 9.97. The van der Waals surface area contributed by atoms with Gasteiger partial charge in [-0.25, -0.2) is 4.79 Å². The molecule has 2 aliphatic carbocycles. The van der Waals surface area contributed by atoms with Gasteiger partial charge in [-0.3, -0.25) is 4.79 Å². The summed E-state index contributed by atoms with van der Waals surface area (Å²) >= 11 is 6.77. The lowest BCUT2D eigenvalue weighted by atomic mass is 9.71. The second-order valence-corrected chi connectivity index (χ2v) is 10.4. The van der Waals surface area contributed by atoms with Crippen molar-refractivity contribution >= 4 is 23.4 Å². The maximum absolute atomic E-state index is 13.8. The summed E-state index contributed by atoms with van der Waals surface area (Å²) in [6.07, 6.45) is 4.80. The maximum Gasteiger partial charge on any atom is 0.337 e. The first-order valence-electron chi connectivity index (χ1n) is 12.6. The molecule has 0 spiro atoms. The Balaban J connectivity index is 1.44. The van der Waals surface area contributed by atoms with Crippen molar-refractivity contribution in [3.63, 3.8) is 0 Å². The van der Waals surface area contributed by atoms with Crippen LogP contribution in [0.4, 0.5) is 0 Å². The molecule has 6 rings (SSSR count). The van der Waals surface area contributed by atoms with Crippen LogP contribution in [0.2, 0.25) is 5.02 Å². The molecule has 0 amide bonds. The summed E-state index contributed by atoms with van der Waals surface area (Å²) in [4.78, 5) is 27.4. The average Bonchev–Trinajstić information content (AvgIpc) is 3.54. The maximum atomic E-state index is 13.8. The summed E-state index contributed by atoms with van der Waals surface area (Å²) in [5.74, 6) is 0.160. The molecule has 0 bridgehead atoms. The number of ketones is 1. The number of carbonyl (C=O) groups is 2. The fourth-order valence-corrected chi connectivity index (χ4v) is 6.22. The van der Waals surface area contributed by atoms with Crippen molar-refractivity contribution in [3.8, 4) is 11.5 Å².